The van der Waals surface area contributed by atoms with Gasteiger partial charge in [-0.05, 0) is 61.4 Å². The summed E-state index contributed by atoms with van der Waals surface area (Å²) in [7, 11) is 1.59. The third-order valence-electron chi connectivity index (χ3n) is 6.44. The molecular weight excluding hydrogens is 548 g/mol. The van der Waals surface area contributed by atoms with Crippen molar-refractivity contribution in [1.29, 1.82) is 0 Å². The Morgan fingerprint density at radius 2 is 1.88 bits per heavy atom. The SMILES string of the molecule is CCOC(=O)C1=C(C)N=c2s/c(=C\c3ccccc3OCc3cccc(Cl)c3)c(=O)n2[C@@H]1c1ccc(OC)cc1. The summed E-state index contributed by atoms with van der Waals surface area (Å²) >= 11 is 7.38. The molecule has 0 fully saturated rings. The number of thiazole rings is 1. The predicted molar refractivity (Wildman–Crippen MR) is 156 cm³/mol. The van der Waals surface area contributed by atoms with Crippen LogP contribution in [0.15, 0.2) is 93.9 Å². The van der Waals surface area contributed by atoms with Crippen LogP contribution in [0.1, 0.15) is 36.6 Å². The topological polar surface area (TPSA) is 79.1 Å². The maximum atomic E-state index is 13.9. The number of halogens is 1. The molecule has 9 heteroatoms. The van der Waals surface area contributed by atoms with E-state index in [1.165, 1.54) is 11.3 Å². The van der Waals surface area contributed by atoms with Gasteiger partial charge in [-0.1, -0.05) is 65.4 Å². The Bertz CT molecular complexity index is 1770. The van der Waals surface area contributed by atoms with Gasteiger partial charge < -0.3 is 14.2 Å². The molecule has 204 valence electrons. The molecule has 1 aromatic heterocycles. The first kappa shape index (κ1) is 27.4. The second-order valence-corrected chi connectivity index (χ2v) is 10.5. The van der Waals surface area contributed by atoms with E-state index in [1.54, 1.807) is 43.7 Å². The number of carbonyl (C=O) groups is 1. The number of fused-ring (bicyclic) bond motifs is 1. The van der Waals surface area contributed by atoms with Gasteiger partial charge in [0.15, 0.2) is 4.80 Å². The zero-order valence-corrected chi connectivity index (χ0v) is 23.8. The van der Waals surface area contributed by atoms with Crippen molar-refractivity contribution in [1.82, 2.24) is 4.57 Å². The van der Waals surface area contributed by atoms with Crippen LogP contribution >= 0.6 is 22.9 Å². The third kappa shape index (κ3) is 5.59. The summed E-state index contributed by atoms with van der Waals surface area (Å²) in [6.07, 6.45) is 1.80. The van der Waals surface area contributed by atoms with E-state index in [4.69, 9.17) is 25.8 Å². The van der Waals surface area contributed by atoms with E-state index < -0.39 is 12.0 Å². The van der Waals surface area contributed by atoms with Crippen LogP contribution in [0.4, 0.5) is 0 Å². The Labute approximate surface area is 240 Å². The lowest BCUT2D eigenvalue weighted by molar-refractivity contribution is -0.139. The van der Waals surface area contributed by atoms with Crippen molar-refractivity contribution in [3.05, 3.63) is 125 Å². The Hall–Kier alpha value is -4.14. The maximum absolute atomic E-state index is 13.9. The quantitative estimate of drug-likeness (QED) is 0.276. The smallest absolute Gasteiger partial charge is 0.338 e. The minimum atomic E-state index is -0.697. The Morgan fingerprint density at radius 1 is 1.10 bits per heavy atom. The summed E-state index contributed by atoms with van der Waals surface area (Å²) in [5.74, 6) is 0.797. The molecule has 0 amide bonds. The van der Waals surface area contributed by atoms with Crippen molar-refractivity contribution in [2.75, 3.05) is 13.7 Å². The summed E-state index contributed by atoms with van der Waals surface area (Å²) in [5.41, 5.74) is 3.01. The van der Waals surface area contributed by atoms with Gasteiger partial charge in [-0.15, -0.1) is 0 Å². The standard InChI is InChI=1S/C31H27ClN2O5S/c1-4-38-30(36)27-19(2)33-31-34(28(27)21-12-14-24(37-3)15-13-21)29(35)26(40-31)17-22-9-5-6-11-25(22)39-18-20-8-7-10-23(32)16-20/h5-17,28H,4,18H2,1-3H3/b26-17-/t28-/m1/s1. The molecule has 0 saturated heterocycles. The number of nitrogens with zero attached hydrogens (tertiary/aromatic N) is 2. The predicted octanol–water partition coefficient (Wildman–Crippen LogP) is 5.04. The van der Waals surface area contributed by atoms with Crippen LogP contribution < -0.4 is 24.4 Å². The van der Waals surface area contributed by atoms with Crippen LogP contribution in [0.5, 0.6) is 11.5 Å². The zero-order chi connectivity index (χ0) is 28.2. The number of rotatable bonds is 8. The van der Waals surface area contributed by atoms with Crippen LogP contribution in [0.25, 0.3) is 6.08 Å². The summed E-state index contributed by atoms with van der Waals surface area (Å²) in [6, 6.07) is 21.6. The fourth-order valence-electron chi connectivity index (χ4n) is 4.55. The molecule has 0 aliphatic carbocycles. The molecule has 0 saturated carbocycles. The van der Waals surface area contributed by atoms with E-state index in [9.17, 15) is 9.59 Å². The zero-order valence-electron chi connectivity index (χ0n) is 22.2. The van der Waals surface area contributed by atoms with Crippen LogP contribution in [0.3, 0.4) is 0 Å². The fraction of sp³-hybridized carbons (Fsp3) is 0.194. The van der Waals surface area contributed by atoms with E-state index in [1.807, 2.05) is 60.7 Å². The molecule has 1 aliphatic rings. The number of benzene rings is 3. The fourth-order valence-corrected chi connectivity index (χ4v) is 5.80. The lowest BCUT2D eigenvalue weighted by Gasteiger charge is -2.24. The van der Waals surface area contributed by atoms with Crippen LogP contribution in [-0.2, 0) is 16.1 Å². The summed E-state index contributed by atoms with van der Waals surface area (Å²) in [6.45, 7) is 4.05. The number of allylic oxidation sites excluding steroid dienone is 1. The van der Waals surface area contributed by atoms with Gasteiger partial charge in [0, 0.05) is 10.6 Å². The first-order valence-electron chi connectivity index (χ1n) is 12.7. The molecule has 7 nitrogen and oxygen atoms in total. The minimum absolute atomic E-state index is 0.210. The summed E-state index contributed by atoms with van der Waals surface area (Å²) in [4.78, 5) is 32.1. The van der Waals surface area contributed by atoms with Crippen molar-refractivity contribution in [2.45, 2.75) is 26.5 Å². The minimum Gasteiger partial charge on any atom is -0.497 e. The number of aromatic nitrogens is 1. The van der Waals surface area contributed by atoms with Crippen LogP contribution in [0.2, 0.25) is 5.02 Å². The Kier molecular flexibility index (Phi) is 8.19. The molecule has 0 unspecified atom stereocenters. The Morgan fingerprint density at radius 3 is 2.60 bits per heavy atom. The van der Waals surface area contributed by atoms with Gasteiger partial charge in [0.2, 0.25) is 0 Å². The van der Waals surface area contributed by atoms with Crippen molar-refractivity contribution >= 4 is 35.0 Å². The average molecular weight is 575 g/mol. The van der Waals surface area contributed by atoms with Crippen molar-refractivity contribution in [3.63, 3.8) is 0 Å². The number of para-hydroxylation sites is 1. The van der Waals surface area contributed by atoms with E-state index in [-0.39, 0.29) is 12.2 Å². The van der Waals surface area contributed by atoms with E-state index in [0.29, 0.717) is 43.7 Å². The number of hydrogen-bond donors (Lipinski definition) is 0. The largest absolute Gasteiger partial charge is 0.497 e. The average Bonchev–Trinajstić information content (AvgIpc) is 3.26. The lowest BCUT2D eigenvalue weighted by atomic mass is 9.96. The number of carbonyl (C=O) groups excluding carboxylic acids is 1. The van der Waals surface area contributed by atoms with Gasteiger partial charge in [0.05, 0.1) is 35.6 Å². The van der Waals surface area contributed by atoms with Gasteiger partial charge >= 0.3 is 5.97 Å². The number of ether oxygens (including phenoxy) is 3. The molecule has 2 heterocycles. The molecule has 40 heavy (non-hydrogen) atoms. The van der Waals surface area contributed by atoms with E-state index in [2.05, 4.69) is 4.99 Å². The molecule has 0 spiro atoms. The molecule has 0 N–H and O–H groups in total. The highest BCUT2D eigenvalue weighted by atomic mass is 35.5. The highest BCUT2D eigenvalue weighted by Crippen LogP contribution is 2.31. The first-order chi connectivity index (χ1) is 19.4. The second kappa shape index (κ2) is 11.9. The highest BCUT2D eigenvalue weighted by molar-refractivity contribution is 7.07. The van der Waals surface area contributed by atoms with Gasteiger partial charge in [-0.2, -0.15) is 0 Å². The first-order valence-corrected chi connectivity index (χ1v) is 13.9. The van der Waals surface area contributed by atoms with E-state index in [0.717, 1.165) is 16.7 Å². The third-order valence-corrected chi connectivity index (χ3v) is 7.66. The summed E-state index contributed by atoms with van der Waals surface area (Å²) in [5, 5.41) is 0.638. The molecule has 5 rings (SSSR count). The van der Waals surface area contributed by atoms with Gasteiger partial charge in [0.1, 0.15) is 18.1 Å². The maximum Gasteiger partial charge on any atom is 0.338 e. The monoisotopic (exact) mass is 574 g/mol. The molecule has 0 radical (unpaired) electrons. The molecule has 4 aromatic rings. The van der Waals surface area contributed by atoms with Crippen LogP contribution in [-0.4, -0.2) is 24.3 Å². The molecular formula is C31H27ClN2O5S. The second-order valence-electron chi connectivity index (χ2n) is 9.03. The van der Waals surface area contributed by atoms with Crippen LogP contribution in [0, 0.1) is 0 Å². The van der Waals surface area contributed by atoms with Crippen molar-refractivity contribution < 1.29 is 19.0 Å². The molecule has 1 atom stereocenters. The molecule has 1 aliphatic heterocycles. The van der Waals surface area contributed by atoms with Crippen molar-refractivity contribution in [3.8, 4) is 11.5 Å². The van der Waals surface area contributed by atoms with E-state index >= 15 is 0 Å². The van der Waals surface area contributed by atoms with Crippen molar-refractivity contribution in [2.24, 2.45) is 4.99 Å². The van der Waals surface area contributed by atoms with Gasteiger partial charge in [-0.3, -0.25) is 9.36 Å². The number of methoxy groups -OCH3 is 1. The number of hydrogen-bond acceptors (Lipinski definition) is 7. The molecule has 3 aromatic carbocycles. The number of esters is 1. The normalized spacial score (nSPS) is 14.9. The highest BCUT2D eigenvalue weighted by Gasteiger charge is 2.33. The lowest BCUT2D eigenvalue weighted by Crippen LogP contribution is -2.39. The Balaban J connectivity index is 1.59. The molecule has 0 bridgehead atoms. The summed E-state index contributed by atoms with van der Waals surface area (Å²) < 4.78 is 18.8. The van der Waals surface area contributed by atoms with Gasteiger partial charge in [0.25, 0.3) is 5.56 Å². The van der Waals surface area contributed by atoms with Gasteiger partial charge in [-0.25, -0.2) is 9.79 Å².